The van der Waals surface area contributed by atoms with Crippen LogP contribution in [0.5, 0.6) is 5.75 Å². The summed E-state index contributed by atoms with van der Waals surface area (Å²) in [4.78, 5) is 39.7. The van der Waals surface area contributed by atoms with Gasteiger partial charge in [0.05, 0.1) is 13.2 Å². The fraction of sp³-hybridized carbons (Fsp3) is 0.435. The molecule has 1 atom stereocenters. The second kappa shape index (κ2) is 7.31. The number of urea groups is 1. The number of ether oxygens (including phenoxy) is 1. The van der Waals surface area contributed by atoms with Crippen LogP contribution in [0.1, 0.15) is 60.0 Å². The van der Waals surface area contributed by atoms with Gasteiger partial charge in [-0.05, 0) is 64.3 Å². The minimum absolute atomic E-state index is 0.227. The van der Waals surface area contributed by atoms with Gasteiger partial charge in [0.1, 0.15) is 11.3 Å². The van der Waals surface area contributed by atoms with Crippen molar-refractivity contribution in [1.82, 2.24) is 14.8 Å². The summed E-state index contributed by atoms with van der Waals surface area (Å²) in [5.74, 6) is 0.0372. The highest BCUT2D eigenvalue weighted by atomic mass is 16.5. The number of ketones is 1. The van der Waals surface area contributed by atoms with Crippen LogP contribution in [0.25, 0.3) is 0 Å². The van der Waals surface area contributed by atoms with Crippen molar-refractivity contribution in [3.05, 3.63) is 52.8 Å². The van der Waals surface area contributed by atoms with Crippen LogP contribution < -0.4 is 10.1 Å². The summed E-state index contributed by atoms with van der Waals surface area (Å²) in [6.07, 6.45) is 2.24. The molecule has 2 fully saturated rings. The number of carbonyl (C=O) groups is 3. The molecule has 0 bridgehead atoms. The number of Topliss-reactive ketones (excluding diaryl/α,β-unsaturated/α-hetero) is 1. The first-order chi connectivity index (χ1) is 14.3. The molecule has 7 nitrogen and oxygen atoms in total. The number of hydrogen-bond donors (Lipinski definition) is 1. The SMILES string of the molecule is CCOc1ccc([C@@]2(C)NC(=O)N(CC(=O)c3cc(C)n(C4CC4)c3C)C2=O)cc1. The van der Waals surface area contributed by atoms with Crippen molar-refractivity contribution in [2.75, 3.05) is 13.2 Å². The number of aryl methyl sites for hydroxylation is 1. The number of carbonyl (C=O) groups excluding carboxylic acids is 3. The highest BCUT2D eigenvalue weighted by Gasteiger charge is 2.49. The summed E-state index contributed by atoms with van der Waals surface area (Å²) in [5, 5.41) is 2.75. The molecule has 1 aliphatic carbocycles. The van der Waals surface area contributed by atoms with Crippen LogP contribution in [0.4, 0.5) is 4.79 Å². The first kappa shape index (κ1) is 20.2. The summed E-state index contributed by atoms with van der Waals surface area (Å²) in [7, 11) is 0. The Balaban J connectivity index is 1.54. The zero-order valence-electron chi connectivity index (χ0n) is 17.8. The average Bonchev–Trinajstić information content (AvgIpc) is 3.46. The first-order valence-electron chi connectivity index (χ1n) is 10.3. The largest absolute Gasteiger partial charge is 0.494 e. The molecule has 3 amide bonds. The van der Waals surface area contributed by atoms with E-state index in [1.165, 1.54) is 0 Å². The summed E-state index contributed by atoms with van der Waals surface area (Å²) in [6, 6.07) is 8.83. The van der Waals surface area contributed by atoms with E-state index in [4.69, 9.17) is 4.74 Å². The third kappa shape index (κ3) is 3.28. The van der Waals surface area contributed by atoms with Gasteiger partial charge in [-0.25, -0.2) is 4.79 Å². The van der Waals surface area contributed by atoms with Gasteiger partial charge >= 0.3 is 6.03 Å². The molecule has 2 heterocycles. The lowest BCUT2D eigenvalue weighted by Crippen LogP contribution is -2.41. The normalized spacial score (nSPS) is 21.1. The Hall–Kier alpha value is -3.09. The molecule has 0 unspecified atom stereocenters. The second-order valence-corrected chi connectivity index (χ2v) is 8.21. The molecule has 30 heavy (non-hydrogen) atoms. The van der Waals surface area contributed by atoms with Gasteiger partial charge in [-0.3, -0.25) is 14.5 Å². The van der Waals surface area contributed by atoms with Gasteiger partial charge in [0.15, 0.2) is 5.78 Å². The number of nitrogens with one attached hydrogen (secondary N) is 1. The Bertz CT molecular complexity index is 1020. The Kier molecular flexibility index (Phi) is 4.92. The summed E-state index contributed by atoms with van der Waals surface area (Å²) >= 11 is 0. The third-order valence-corrected chi connectivity index (χ3v) is 6.02. The number of benzene rings is 1. The van der Waals surface area contributed by atoms with Gasteiger partial charge in [0.2, 0.25) is 0 Å². The monoisotopic (exact) mass is 409 g/mol. The lowest BCUT2D eigenvalue weighted by Gasteiger charge is -2.22. The van der Waals surface area contributed by atoms with E-state index >= 15 is 0 Å². The highest BCUT2D eigenvalue weighted by molar-refractivity contribution is 6.11. The molecular weight excluding hydrogens is 382 g/mol. The topological polar surface area (TPSA) is 80.6 Å². The first-order valence-corrected chi connectivity index (χ1v) is 10.3. The fourth-order valence-corrected chi connectivity index (χ4v) is 4.27. The second-order valence-electron chi connectivity index (χ2n) is 8.21. The number of imide groups is 1. The predicted octanol–water partition coefficient (Wildman–Crippen LogP) is 3.49. The molecule has 1 aromatic carbocycles. The van der Waals surface area contributed by atoms with Crippen molar-refractivity contribution in [2.24, 2.45) is 0 Å². The van der Waals surface area contributed by atoms with Crippen LogP contribution >= 0.6 is 0 Å². The van der Waals surface area contributed by atoms with Crippen LogP contribution in [0, 0.1) is 13.8 Å². The minimum Gasteiger partial charge on any atom is -0.494 e. The molecule has 1 aromatic heterocycles. The van der Waals surface area contributed by atoms with Crippen molar-refractivity contribution >= 4 is 17.7 Å². The van der Waals surface area contributed by atoms with Crippen molar-refractivity contribution in [3.63, 3.8) is 0 Å². The molecule has 2 aliphatic rings. The van der Waals surface area contributed by atoms with E-state index in [0.717, 1.165) is 29.1 Å². The maximum absolute atomic E-state index is 13.1. The standard InChI is InChI=1S/C23H27N3O4/c1-5-30-18-10-6-16(7-11-18)23(4)21(28)25(22(29)24-23)13-20(27)19-12-14(2)26(15(19)3)17-8-9-17/h6-7,10-12,17H,5,8-9,13H2,1-4H3,(H,24,29)/t23-/m1/s1. The quantitative estimate of drug-likeness (QED) is 0.561. The zero-order valence-corrected chi connectivity index (χ0v) is 17.8. The predicted molar refractivity (Wildman–Crippen MR) is 112 cm³/mol. The van der Waals surface area contributed by atoms with Gasteiger partial charge < -0.3 is 14.6 Å². The molecule has 158 valence electrons. The van der Waals surface area contributed by atoms with Gasteiger partial charge in [0, 0.05) is 23.0 Å². The van der Waals surface area contributed by atoms with E-state index in [-0.39, 0.29) is 12.3 Å². The smallest absolute Gasteiger partial charge is 0.325 e. The lowest BCUT2D eigenvalue weighted by atomic mass is 9.92. The van der Waals surface area contributed by atoms with E-state index in [0.29, 0.717) is 29.5 Å². The van der Waals surface area contributed by atoms with Gasteiger partial charge in [-0.1, -0.05) is 12.1 Å². The summed E-state index contributed by atoms with van der Waals surface area (Å²) in [6.45, 7) is 7.74. The van der Waals surface area contributed by atoms with E-state index in [1.807, 2.05) is 26.8 Å². The summed E-state index contributed by atoms with van der Waals surface area (Å²) < 4.78 is 7.63. The molecule has 2 aromatic rings. The maximum Gasteiger partial charge on any atom is 0.325 e. The van der Waals surface area contributed by atoms with Gasteiger partial charge in [-0.2, -0.15) is 0 Å². The van der Waals surface area contributed by atoms with E-state index < -0.39 is 17.5 Å². The van der Waals surface area contributed by atoms with Crippen molar-refractivity contribution in [2.45, 2.75) is 52.1 Å². The Morgan fingerprint density at radius 3 is 2.47 bits per heavy atom. The molecule has 1 saturated carbocycles. The van der Waals surface area contributed by atoms with Gasteiger partial charge in [-0.15, -0.1) is 0 Å². The van der Waals surface area contributed by atoms with E-state index in [2.05, 4.69) is 9.88 Å². The average molecular weight is 409 g/mol. The fourth-order valence-electron chi connectivity index (χ4n) is 4.27. The molecule has 0 radical (unpaired) electrons. The number of rotatable bonds is 7. The molecule has 1 N–H and O–H groups in total. The number of aromatic nitrogens is 1. The van der Waals surface area contributed by atoms with Crippen molar-refractivity contribution in [3.8, 4) is 5.75 Å². The van der Waals surface area contributed by atoms with Gasteiger partial charge in [0.25, 0.3) is 5.91 Å². The van der Waals surface area contributed by atoms with Crippen LogP contribution in [0.15, 0.2) is 30.3 Å². The number of nitrogens with zero attached hydrogens (tertiary/aromatic N) is 2. The zero-order chi connectivity index (χ0) is 21.6. The molecule has 1 saturated heterocycles. The number of amides is 3. The van der Waals surface area contributed by atoms with E-state index in [1.54, 1.807) is 31.2 Å². The van der Waals surface area contributed by atoms with E-state index in [9.17, 15) is 14.4 Å². The Morgan fingerprint density at radius 2 is 1.87 bits per heavy atom. The van der Waals surface area contributed by atoms with Crippen LogP contribution in [-0.4, -0.2) is 40.3 Å². The highest BCUT2D eigenvalue weighted by Crippen LogP contribution is 2.38. The van der Waals surface area contributed by atoms with Crippen molar-refractivity contribution < 1.29 is 19.1 Å². The number of hydrogen-bond acceptors (Lipinski definition) is 4. The maximum atomic E-state index is 13.1. The third-order valence-electron chi connectivity index (χ3n) is 6.02. The van der Waals surface area contributed by atoms with Crippen LogP contribution in [0.3, 0.4) is 0 Å². The lowest BCUT2D eigenvalue weighted by molar-refractivity contribution is -0.130. The Morgan fingerprint density at radius 1 is 1.20 bits per heavy atom. The van der Waals surface area contributed by atoms with Crippen LogP contribution in [0.2, 0.25) is 0 Å². The molecule has 1 aliphatic heterocycles. The Labute approximate surface area is 176 Å². The molecule has 0 spiro atoms. The van der Waals surface area contributed by atoms with Crippen molar-refractivity contribution in [1.29, 1.82) is 0 Å². The molecular formula is C23H27N3O4. The molecule has 7 heteroatoms. The molecule has 4 rings (SSSR count). The summed E-state index contributed by atoms with van der Waals surface area (Å²) in [5.41, 5.74) is 1.95. The minimum atomic E-state index is -1.22. The van der Waals surface area contributed by atoms with Crippen LogP contribution in [-0.2, 0) is 10.3 Å².